The summed E-state index contributed by atoms with van der Waals surface area (Å²) >= 11 is 0. The molecule has 0 aromatic carbocycles. The summed E-state index contributed by atoms with van der Waals surface area (Å²) in [7, 11) is 0. The van der Waals surface area contributed by atoms with Gasteiger partial charge in [0.1, 0.15) is 11.7 Å². The summed E-state index contributed by atoms with van der Waals surface area (Å²) in [6.07, 6.45) is 8.08. The SMILES string of the molecule is CC1(C)CCC2(C#N)CCC3C(C(=O)CC4C3(C)CCC3C(C)(C)C(=O)C(C#N)CC34C)C2C1. The minimum absolute atomic E-state index is 0.000582. The highest BCUT2D eigenvalue weighted by molar-refractivity contribution is 5.90. The van der Waals surface area contributed by atoms with E-state index in [4.69, 9.17) is 0 Å². The van der Waals surface area contributed by atoms with Crippen molar-refractivity contribution in [3.05, 3.63) is 0 Å². The summed E-state index contributed by atoms with van der Waals surface area (Å²) < 4.78 is 0. The normalized spacial score (nSPS) is 51.1. The van der Waals surface area contributed by atoms with E-state index in [2.05, 4.69) is 39.8 Å². The van der Waals surface area contributed by atoms with Crippen LogP contribution in [0.2, 0.25) is 0 Å². The predicted molar refractivity (Wildman–Crippen MR) is 130 cm³/mol. The molecule has 0 amide bonds. The van der Waals surface area contributed by atoms with Gasteiger partial charge in [-0.3, -0.25) is 9.59 Å². The zero-order chi connectivity index (χ0) is 24.9. The van der Waals surface area contributed by atoms with Crippen molar-refractivity contribution in [2.45, 2.75) is 99.3 Å². The lowest BCUT2D eigenvalue weighted by Crippen LogP contribution is -2.66. The highest BCUT2D eigenvalue weighted by Crippen LogP contribution is 2.72. The fraction of sp³-hybridized carbons (Fsp3) is 0.867. The quantitative estimate of drug-likeness (QED) is 0.411. The van der Waals surface area contributed by atoms with E-state index in [1.165, 1.54) is 0 Å². The second-order valence-electron chi connectivity index (χ2n) is 14.7. The molecule has 0 aromatic rings. The fourth-order valence-electron chi connectivity index (χ4n) is 10.6. The number of Topliss-reactive ketones (excluding diaryl/α,β-unsaturated/α-hetero) is 2. The van der Waals surface area contributed by atoms with Crippen LogP contribution >= 0.6 is 0 Å². The largest absolute Gasteiger partial charge is 0.299 e. The molecular formula is C30H42N2O2. The average molecular weight is 463 g/mol. The van der Waals surface area contributed by atoms with Crippen LogP contribution in [0, 0.1) is 85.2 Å². The topological polar surface area (TPSA) is 81.7 Å². The van der Waals surface area contributed by atoms with Crippen molar-refractivity contribution in [2.24, 2.45) is 62.6 Å². The van der Waals surface area contributed by atoms with E-state index in [1.54, 1.807) is 0 Å². The molecule has 0 spiro atoms. The van der Waals surface area contributed by atoms with Gasteiger partial charge in [0.05, 0.1) is 17.6 Å². The van der Waals surface area contributed by atoms with Crippen LogP contribution in [-0.4, -0.2) is 11.6 Å². The van der Waals surface area contributed by atoms with Crippen LogP contribution in [0.1, 0.15) is 99.3 Å². The Hall–Kier alpha value is -1.68. The van der Waals surface area contributed by atoms with E-state index in [-0.39, 0.29) is 51.1 Å². The number of hydrogen-bond acceptors (Lipinski definition) is 4. The highest BCUT2D eigenvalue weighted by Gasteiger charge is 2.69. The van der Waals surface area contributed by atoms with E-state index < -0.39 is 11.3 Å². The number of fused-ring (bicyclic) bond motifs is 7. The molecule has 9 atom stereocenters. The van der Waals surface area contributed by atoms with Gasteiger partial charge in [0.2, 0.25) is 0 Å². The Balaban J connectivity index is 1.56. The molecule has 9 unspecified atom stereocenters. The third kappa shape index (κ3) is 2.93. The molecule has 0 radical (unpaired) electrons. The van der Waals surface area contributed by atoms with Crippen molar-refractivity contribution in [3.8, 4) is 12.1 Å². The smallest absolute Gasteiger partial charge is 0.155 e. The number of nitriles is 2. The predicted octanol–water partition coefficient (Wildman–Crippen LogP) is 6.50. The van der Waals surface area contributed by atoms with E-state index >= 15 is 0 Å². The first-order valence-electron chi connectivity index (χ1n) is 13.6. The van der Waals surface area contributed by atoms with Crippen LogP contribution in [0.25, 0.3) is 0 Å². The Morgan fingerprint density at radius 2 is 1.50 bits per heavy atom. The van der Waals surface area contributed by atoms with Crippen molar-refractivity contribution in [1.29, 1.82) is 10.5 Å². The molecule has 0 N–H and O–H groups in total. The van der Waals surface area contributed by atoms with Gasteiger partial charge in [-0.05, 0) is 91.3 Å². The van der Waals surface area contributed by atoms with Gasteiger partial charge < -0.3 is 0 Å². The summed E-state index contributed by atoms with van der Waals surface area (Å²) in [5.74, 6) is 0.825. The van der Waals surface area contributed by atoms with E-state index in [9.17, 15) is 20.1 Å². The summed E-state index contributed by atoms with van der Waals surface area (Å²) in [6, 6.07) is 5.08. The van der Waals surface area contributed by atoms with Crippen molar-refractivity contribution in [1.82, 2.24) is 0 Å². The number of rotatable bonds is 0. The maximum Gasteiger partial charge on any atom is 0.155 e. The minimum atomic E-state index is -0.567. The zero-order valence-corrected chi connectivity index (χ0v) is 22.0. The Kier molecular flexibility index (Phi) is 5.08. The number of nitrogens with zero attached hydrogens (tertiary/aromatic N) is 2. The Bertz CT molecular complexity index is 1010. The molecular weight excluding hydrogens is 420 g/mol. The molecule has 34 heavy (non-hydrogen) atoms. The monoisotopic (exact) mass is 462 g/mol. The summed E-state index contributed by atoms with van der Waals surface area (Å²) in [6.45, 7) is 13.4. The average Bonchev–Trinajstić information content (AvgIpc) is 2.77. The van der Waals surface area contributed by atoms with Crippen LogP contribution in [0.15, 0.2) is 0 Å². The van der Waals surface area contributed by atoms with Gasteiger partial charge in [0.25, 0.3) is 0 Å². The number of ketones is 2. The van der Waals surface area contributed by atoms with Crippen LogP contribution in [0.5, 0.6) is 0 Å². The molecule has 0 heterocycles. The molecule has 4 heteroatoms. The summed E-state index contributed by atoms with van der Waals surface area (Å²) in [5.41, 5.74) is -0.820. The first kappa shape index (κ1) is 24.0. The van der Waals surface area contributed by atoms with Crippen LogP contribution < -0.4 is 0 Å². The highest BCUT2D eigenvalue weighted by atomic mass is 16.1. The first-order valence-corrected chi connectivity index (χ1v) is 13.6. The first-order chi connectivity index (χ1) is 15.8. The lowest BCUT2D eigenvalue weighted by molar-refractivity contribution is -0.203. The molecule has 0 aliphatic heterocycles. The third-order valence-electron chi connectivity index (χ3n) is 12.3. The second-order valence-corrected chi connectivity index (χ2v) is 14.7. The van der Waals surface area contributed by atoms with Crippen LogP contribution in [0.4, 0.5) is 0 Å². The van der Waals surface area contributed by atoms with Gasteiger partial charge in [0.15, 0.2) is 5.78 Å². The Morgan fingerprint density at radius 3 is 2.15 bits per heavy atom. The van der Waals surface area contributed by atoms with Crippen LogP contribution in [0.3, 0.4) is 0 Å². The zero-order valence-electron chi connectivity index (χ0n) is 22.0. The fourth-order valence-corrected chi connectivity index (χ4v) is 10.6. The third-order valence-corrected chi connectivity index (χ3v) is 12.3. The van der Waals surface area contributed by atoms with Gasteiger partial charge in [-0.25, -0.2) is 0 Å². The van der Waals surface area contributed by atoms with Crippen molar-refractivity contribution < 1.29 is 9.59 Å². The van der Waals surface area contributed by atoms with Gasteiger partial charge >= 0.3 is 0 Å². The second kappa shape index (κ2) is 7.18. The van der Waals surface area contributed by atoms with Gasteiger partial charge in [-0.15, -0.1) is 0 Å². The maximum atomic E-state index is 14.1. The van der Waals surface area contributed by atoms with Crippen molar-refractivity contribution in [3.63, 3.8) is 0 Å². The summed E-state index contributed by atoms with van der Waals surface area (Å²) in [5, 5.41) is 20.2. The molecule has 0 saturated heterocycles. The Morgan fingerprint density at radius 1 is 0.794 bits per heavy atom. The molecule has 5 fully saturated rings. The Labute approximate surface area is 205 Å². The molecule has 0 aromatic heterocycles. The van der Waals surface area contributed by atoms with Crippen molar-refractivity contribution >= 4 is 11.6 Å². The van der Waals surface area contributed by atoms with Gasteiger partial charge in [-0.2, -0.15) is 10.5 Å². The van der Waals surface area contributed by atoms with Gasteiger partial charge in [-0.1, -0.05) is 41.5 Å². The lowest BCUT2D eigenvalue weighted by Gasteiger charge is -2.68. The van der Waals surface area contributed by atoms with Crippen molar-refractivity contribution in [2.75, 3.05) is 0 Å². The molecule has 0 bridgehead atoms. The maximum absolute atomic E-state index is 14.1. The standard InChI is InChI=1S/C30H42N2O2/c1-26(2)11-12-30(17-32)10-7-19-24(20(30)15-26)21(33)13-23-28(19,5)9-8-22-27(3,4)25(34)18(16-31)14-29(22,23)6/h18-20,22-24H,7-15H2,1-6H3. The number of hydrogen-bond donors (Lipinski definition) is 0. The lowest BCUT2D eigenvalue weighted by atomic mass is 9.34. The van der Waals surface area contributed by atoms with E-state index in [0.717, 1.165) is 44.9 Å². The van der Waals surface area contributed by atoms with E-state index in [0.29, 0.717) is 24.5 Å². The van der Waals surface area contributed by atoms with E-state index in [1.807, 2.05) is 13.8 Å². The van der Waals surface area contributed by atoms with Crippen LogP contribution in [-0.2, 0) is 9.59 Å². The minimum Gasteiger partial charge on any atom is -0.299 e. The molecule has 5 rings (SSSR count). The molecule has 184 valence electrons. The molecule has 5 aliphatic rings. The molecule has 5 saturated carbocycles. The molecule has 5 aliphatic carbocycles. The number of carbonyl (C=O) groups is 2. The summed E-state index contributed by atoms with van der Waals surface area (Å²) in [4.78, 5) is 27.3. The van der Waals surface area contributed by atoms with Gasteiger partial charge in [0, 0.05) is 17.8 Å². The number of carbonyl (C=O) groups excluding carboxylic acids is 2. The molecule has 4 nitrogen and oxygen atoms in total.